The molecule has 1 aliphatic heterocycles. The van der Waals surface area contributed by atoms with Crippen molar-refractivity contribution in [2.45, 2.75) is 42.3 Å². The summed E-state index contributed by atoms with van der Waals surface area (Å²) in [7, 11) is -3.84. The third-order valence-electron chi connectivity index (χ3n) is 4.82. The number of halogens is 1. The van der Waals surface area contributed by atoms with Gasteiger partial charge in [0, 0.05) is 30.1 Å². The summed E-state index contributed by atoms with van der Waals surface area (Å²) < 4.78 is 33.3. The topological polar surface area (TPSA) is 75.7 Å². The first kappa shape index (κ1) is 24.1. The molecule has 0 radical (unpaired) electrons. The van der Waals surface area contributed by atoms with E-state index in [1.54, 1.807) is 17.8 Å². The van der Waals surface area contributed by atoms with Crippen molar-refractivity contribution in [3.05, 3.63) is 59.1 Å². The Bertz CT molecular complexity index is 992. The molecule has 0 aromatic heterocycles. The Morgan fingerprint density at radius 1 is 1.16 bits per heavy atom. The molecule has 2 unspecified atom stereocenters. The fourth-order valence-corrected chi connectivity index (χ4v) is 6.36. The summed E-state index contributed by atoms with van der Waals surface area (Å²) in [4.78, 5) is 13.7. The molecule has 31 heavy (non-hydrogen) atoms. The Hall–Kier alpha value is -1.58. The van der Waals surface area contributed by atoms with Gasteiger partial charge in [0.25, 0.3) is 5.91 Å². The molecule has 0 aliphatic carbocycles. The SMILES string of the molecule is CC1CN(S(=O)(=O)c2cc(C(=O)NCCCSc3ccccc3)ccc2Cl)CC(C)O1. The van der Waals surface area contributed by atoms with Crippen molar-refractivity contribution in [1.82, 2.24) is 9.62 Å². The molecule has 1 amide bonds. The van der Waals surface area contributed by atoms with E-state index in [0.29, 0.717) is 6.54 Å². The lowest BCUT2D eigenvalue weighted by Gasteiger charge is -2.34. The number of hydrogen-bond acceptors (Lipinski definition) is 5. The Balaban J connectivity index is 1.61. The van der Waals surface area contributed by atoms with Gasteiger partial charge in [0.2, 0.25) is 10.0 Å². The van der Waals surface area contributed by atoms with E-state index >= 15 is 0 Å². The van der Waals surface area contributed by atoms with Gasteiger partial charge in [0.15, 0.2) is 0 Å². The lowest BCUT2D eigenvalue weighted by atomic mass is 10.2. The minimum Gasteiger partial charge on any atom is -0.373 e. The number of thioether (sulfide) groups is 1. The molecule has 6 nitrogen and oxygen atoms in total. The zero-order valence-electron chi connectivity index (χ0n) is 17.6. The standard InChI is InChI=1S/C22H27ClN2O4S2/c1-16-14-25(15-17(2)29-16)31(27,28)21-13-18(9-10-20(21)23)22(26)24-11-6-12-30-19-7-4-3-5-8-19/h3-5,7-10,13,16-17H,6,11-12,14-15H2,1-2H3,(H,24,26). The van der Waals surface area contributed by atoms with Gasteiger partial charge in [-0.15, -0.1) is 11.8 Å². The number of benzene rings is 2. The second-order valence-electron chi connectivity index (χ2n) is 7.50. The highest BCUT2D eigenvalue weighted by molar-refractivity contribution is 7.99. The van der Waals surface area contributed by atoms with Gasteiger partial charge in [-0.25, -0.2) is 8.42 Å². The van der Waals surface area contributed by atoms with Crippen molar-refractivity contribution in [3.8, 4) is 0 Å². The number of hydrogen-bond donors (Lipinski definition) is 1. The molecular weight excluding hydrogens is 456 g/mol. The molecule has 2 aromatic rings. The Morgan fingerprint density at radius 2 is 1.84 bits per heavy atom. The van der Waals surface area contributed by atoms with Gasteiger partial charge in [-0.05, 0) is 56.4 Å². The predicted octanol–water partition coefficient (Wildman–Crippen LogP) is 4.05. The van der Waals surface area contributed by atoms with Crippen LogP contribution in [-0.4, -0.2) is 56.2 Å². The van der Waals surface area contributed by atoms with Crippen molar-refractivity contribution in [2.24, 2.45) is 0 Å². The molecule has 168 valence electrons. The number of nitrogens with zero attached hydrogens (tertiary/aromatic N) is 1. The molecule has 9 heteroatoms. The summed E-state index contributed by atoms with van der Waals surface area (Å²) in [5.74, 6) is 0.555. The van der Waals surface area contributed by atoms with E-state index in [9.17, 15) is 13.2 Å². The third kappa shape index (κ3) is 6.46. The van der Waals surface area contributed by atoms with Gasteiger partial charge in [0.05, 0.1) is 17.2 Å². The first-order valence-corrected chi connectivity index (χ1v) is 13.0. The molecule has 2 aromatic carbocycles. The molecular formula is C22H27ClN2O4S2. The van der Waals surface area contributed by atoms with E-state index in [-0.39, 0.29) is 46.7 Å². The van der Waals surface area contributed by atoms with E-state index < -0.39 is 10.0 Å². The number of rotatable bonds is 8. The summed E-state index contributed by atoms with van der Waals surface area (Å²) in [6, 6.07) is 14.4. The second-order valence-corrected chi connectivity index (χ2v) is 11.0. The maximum atomic E-state index is 13.2. The van der Waals surface area contributed by atoms with Gasteiger partial charge in [-0.2, -0.15) is 4.31 Å². The van der Waals surface area contributed by atoms with Crippen LogP contribution in [-0.2, 0) is 14.8 Å². The lowest BCUT2D eigenvalue weighted by Crippen LogP contribution is -2.48. The molecule has 2 atom stereocenters. The Kier molecular flexibility index (Phi) is 8.41. The van der Waals surface area contributed by atoms with Gasteiger partial charge in [0.1, 0.15) is 4.90 Å². The van der Waals surface area contributed by atoms with Crippen LogP contribution in [0.4, 0.5) is 0 Å². The van der Waals surface area contributed by atoms with Crippen LogP contribution in [0.1, 0.15) is 30.6 Å². The van der Waals surface area contributed by atoms with E-state index in [2.05, 4.69) is 17.4 Å². The quantitative estimate of drug-likeness (QED) is 0.453. The van der Waals surface area contributed by atoms with Gasteiger partial charge >= 0.3 is 0 Å². The van der Waals surface area contributed by atoms with Crippen molar-refractivity contribution < 1.29 is 17.9 Å². The van der Waals surface area contributed by atoms with Crippen molar-refractivity contribution in [3.63, 3.8) is 0 Å². The van der Waals surface area contributed by atoms with Crippen LogP contribution in [0.15, 0.2) is 58.3 Å². The number of sulfonamides is 1. The Labute approximate surface area is 193 Å². The van der Waals surface area contributed by atoms with Crippen molar-refractivity contribution >= 4 is 39.3 Å². The van der Waals surface area contributed by atoms with Crippen LogP contribution in [0.25, 0.3) is 0 Å². The average Bonchev–Trinajstić information content (AvgIpc) is 2.73. The summed E-state index contributed by atoms with van der Waals surface area (Å²) in [6.45, 7) is 4.67. The zero-order chi connectivity index (χ0) is 22.4. The van der Waals surface area contributed by atoms with Crippen LogP contribution in [0.5, 0.6) is 0 Å². The van der Waals surface area contributed by atoms with Crippen LogP contribution >= 0.6 is 23.4 Å². The minimum atomic E-state index is -3.84. The van der Waals surface area contributed by atoms with Gasteiger partial charge in [-0.1, -0.05) is 29.8 Å². The molecule has 1 fully saturated rings. The van der Waals surface area contributed by atoms with E-state index in [0.717, 1.165) is 12.2 Å². The third-order valence-corrected chi connectivity index (χ3v) is 8.23. The van der Waals surface area contributed by atoms with Crippen LogP contribution in [0, 0.1) is 0 Å². The first-order valence-electron chi connectivity index (χ1n) is 10.2. The number of carbonyl (C=O) groups is 1. The number of carbonyl (C=O) groups excluding carboxylic acids is 1. The maximum Gasteiger partial charge on any atom is 0.251 e. The molecule has 1 saturated heterocycles. The molecule has 0 saturated carbocycles. The zero-order valence-corrected chi connectivity index (χ0v) is 20.0. The average molecular weight is 483 g/mol. The van der Waals surface area contributed by atoms with Gasteiger partial charge in [-0.3, -0.25) is 4.79 Å². The molecule has 3 rings (SSSR count). The molecule has 1 aliphatic rings. The monoisotopic (exact) mass is 482 g/mol. The highest BCUT2D eigenvalue weighted by atomic mass is 35.5. The molecule has 0 bridgehead atoms. The number of nitrogens with one attached hydrogen (secondary N) is 1. The van der Waals surface area contributed by atoms with E-state index in [1.165, 1.54) is 21.3 Å². The molecule has 0 spiro atoms. The van der Waals surface area contributed by atoms with Gasteiger partial charge < -0.3 is 10.1 Å². The molecule has 1 heterocycles. The molecule has 1 N–H and O–H groups in total. The normalized spacial score (nSPS) is 19.8. The summed E-state index contributed by atoms with van der Waals surface area (Å²) in [5, 5.41) is 2.95. The number of ether oxygens (including phenoxy) is 1. The number of amides is 1. The highest BCUT2D eigenvalue weighted by Crippen LogP contribution is 2.28. The number of morpholine rings is 1. The fraction of sp³-hybridized carbons (Fsp3) is 0.409. The van der Waals surface area contributed by atoms with E-state index in [1.807, 2.05) is 32.0 Å². The van der Waals surface area contributed by atoms with E-state index in [4.69, 9.17) is 16.3 Å². The van der Waals surface area contributed by atoms with Crippen molar-refractivity contribution in [1.29, 1.82) is 0 Å². The smallest absolute Gasteiger partial charge is 0.251 e. The lowest BCUT2D eigenvalue weighted by molar-refractivity contribution is -0.0440. The van der Waals surface area contributed by atoms with Crippen LogP contribution in [0.2, 0.25) is 5.02 Å². The summed E-state index contributed by atoms with van der Waals surface area (Å²) in [5.41, 5.74) is 0.271. The summed E-state index contributed by atoms with van der Waals surface area (Å²) >= 11 is 7.94. The predicted molar refractivity (Wildman–Crippen MR) is 124 cm³/mol. The van der Waals surface area contributed by atoms with Crippen LogP contribution < -0.4 is 5.32 Å². The Morgan fingerprint density at radius 3 is 2.52 bits per heavy atom. The first-order chi connectivity index (χ1) is 14.8. The van der Waals surface area contributed by atoms with Crippen molar-refractivity contribution in [2.75, 3.05) is 25.4 Å². The summed E-state index contributed by atoms with van der Waals surface area (Å²) in [6.07, 6.45) is 0.378. The maximum absolute atomic E-state index is 13.2. The highest BCUT2D eigenvalue weighted by Gasteiger charge is 2.33. The second kappa shape index (κ2) is 10.8. The minimum absolute atomic E-state index is 0.0530. The van der Waals surface area contributed by atoms with Crippen LogP contribution in [0.3, 0.4) is 0 Å². The fourth-order valence-electron chi connectivity index (χ4n) is 3.39. The largest absolute Gasteiger partial charge is 0.373 e.